The molecule has 0 unspecified atom stereocenters. The minimum Gasteiger partial charge on any atom is -0.348 e. The number of carbonyl (C=O) groups is 1. The highest BCUT2D eigenvalue weighted by Gasteiger charge is 2.16. The molecule has 1 amide bonds. The van der Waals surface area contributed by atoms with Crippen molar-refractivity contribution in [3.05, 3.63) is 18.0 Å². The van der Waals surface area contributed by atoms with Crippen molar-refractivity contribution in [3.63, 3.8) is 0 Å². The lowest BCUT2D eigenvalue weighted by Crippen LogP contribution is -2.42. The molecule has 0 aliphatic carbocycles. The molecule has 1 rings (SSSR count). The summed E-state index contributed by atoms with van der Waals surface area (Å²) in [6, 6.07) is 0.174. The number of aromatic nitrogens is 2. The summed E-state index contributed by atoms with van der Waals surface area (Å²) in [6.45, 7) is 5.18. The van der Waals surface area contributed by atoms with Crippen LogP contribution in [0, 0.1) is 5.92 Å². The van der Waals surface area contributed by atoms with Gasteiger partial charge in [-0.3, -0.25) is 9.48 Å². The predicted molar refractivity (Wildman–Crippen MR) is 72.5 cm³/mol. The van der Waals surface area contributed by atoms with E-state index in [1.54, 1.807) is 17.1 Å². The third kappa shape index (κ3) is 4.87. The zero-order valence-electron chi connectivity index (χ0n) is 12.0. The third-order valence-electron chi connectivity index (χ3n) is 2.64. The Morgan fingerprint density at radius 1 is 1.50 bits per heavy atom. The molecule has 1 N–H and O–H groups in total. The van der Waals surface area contributed by atoms with Gasteiger partial charge in [0.2, 0.25) is 0 Å². The molecule has 0 aromatic carbocycles. The molecule has 5 nitrogen and oxygen atoms in total. The van der Waals surface area contributed by atoms with E-state index < -0.39 is 0 Å². The molecule has 0 bridgehead atoms. The summed E-state index contributed by atoms with van der Waals surface area (Å²) in [4.78, 5) is 14.1. The Morgan fingerprint density at radius 2 is 2.17 bits per heavy atom. The molecule has 1 aromatic heterocycles. The first-order valence-corrected chi connectivity index (χ1v) is 6.32. The van der Waals surface area contributed by atoms with E-state index in [1.165, 1.54) is 0 Å². The highest BCUT2D eigenvalue weighted by Crippen LogP contribution is 2.07. The van der Waals surface area contributed by atoms with E-state index in [1.807, 2.05) is 21.1 Å². The van der Waals surface area contributed by atoms with Gasteiger partial charge in [-0.05, 0) is 26.4 Å². The number of likely N-dealkylation sites (N-methyl/N-ethyl adjacent to an activating group) is 1. The monoisotopic (exact) mass is 252 g/mol. The van der Waals surface area contributed by atoms with Gasteiger partial charge in [0.05, 0.1) is 11.8 Å². The Labute approximate surface area is 109 Å². The average Bonchev–Trinajstić information content (AvgIpc) is 2.62. The molecule has 0 radical (unpaired) electrons. The summed E-state index contributed by atoms with van der Waals surface area (Å²) in [5, 5.41) is 7.09. The van der Waals surface area contributed by atoms with Crippen molar-refractivity contribution < 1.29 is 4.79 Å². The van der Waals surface area contributed by atoms with E-state index in [2.05, 4.69) is 29.2 Å². The minimum absolute atomic E-state index is 0.0457. The van der Waals surface area contributed by atoms with Crippen LogP contribution in [0.15, 0.2) is 12.4 Å². The van der Waals surface area contributed by atoms with Gasteiger partial charge in [0.25, 0.3) is 5.91 Å². The van der Waals surface area contributed by atoms with Crippen LogP contribution >= 0.6 is 0 Å². The topological polar surface area (TPSA) is 50.2 Å². The number of hydrogen-bond acceptors (Lipinski definition) is 3. The summed E-state index contributed by atoms with van der Waals surface area (Å²) >= 11 is 0. The second-order valence-electron chi connectivity index (χ2n) is 5.46. The molecule has 0 aliphatic heterocycles. The standard InChI is InChI=1S/C13H24N4O/c1-10(2)6-12(9-16(3)4)15-13(18)11-7-14-17(5)8-11/h7-8,10,12H,6,9H2,1-5H3,(H,15,18)/t12-/m1/s1. The van der Waals surface area contributed by atoms with Crippen molar-refractivity contribution in [2.75, 3.05) is 20.6 Å². The molecule has 0 aliphatic rings. The highest BCUT2D eigenvalue weighted by molar-refractivity contribution is 5.93. The van der Waals surface area contributed by atoms with Crippen molar-refractivity contribution in [1.29, 1.82) is 0 Å². The molecular formula is C13H24N4O. The number of aryl methyl sites for hydroxylation is 1. The first-order valence-electron chi connectivity index (χ1n) is 6.32. The smallest absolute Gasteiger partial charge is 0.254 e. The van der Waals surface area contributed by atoms with Crippen LogP contribution in [0.5, 0.6) is 0 Å². The van der Waals surface area contributed by atoms with E-state index >= 15 is 0 Å². The largest absolute Gasteiger partial charge is 0.348 e. The Kier molecular flexibility index (Phi) is 5.34. The van der Waals surface area contributed by atoms with Crippen molar-refractivity contribution in [2.24, 2.45) is 13.0 Å². The van der Waals surface area contributed by atoms with Crippen LogP contribution in [0.4, 0.5) is 0 Å². The van der Waals surface area contributed by atoms with Crippen molar-refractivity contribution in [3.8, 4) is 0 Å². The molecule has 5 heteroatoms. The number of nitrogens with one attached hydrogen (secondary N) is 1. The van der Waals surface area contributed by atoms with Crippen LogP contribution in [0.2, 0.25) is 0 Å². The Hall–Kier alpha value is -1.36. The van der Waals surface area contributed by atoms with E-state index in [4.69, 9.17) is 0 Å². The van der Waals surface area contributed by atoms with Gasteiger partial charge in [0, 0.05) is 25.8 Å². The van der Waals surface area contributed by atoms with Crippen LogP contribution < -0.4 is 5.32 Å². The van der Waals surface area contributed by atoms with Gasteiger partial charge in [-0.15, -0.1) is 0 Å². The summed E-state index contributed by atoms with van der Waals surface area (Å²) in [6.07, 6.45) is 4.30. The SMILES string of the molecule is CC(C)C[C@H](CN(C)C)NC(=O)c1cnn(C)c1. The summed E-state index contributed by atoms with van der Waals surface area (Å²) in [5.41, 5.74) is 0.616. The molecular weight excluding hydrogens is 228 g/mol. The van der Waals surface area contributed by atoms with Crippen molar-refractivity contribution >= 4 is 5.91 Å². The first-order chi connectivity index (χ1) is 8.38. The third-order valence-corrected chi connectivity index (χ3v) is 2.64. The van der Waals surface area contributed by atoms with Crippen LogP contribution in [0.25, 0.3) is 0 Å². The summed E-state index contributed by atoms with van der Waals surface area (Å²) in [5.74, 6) is 0.514. The van der Waals surface area contributed by atoms with E-state index in [9.17, 15) is 4.79 Å². The highest BCUT2D eigenvalue weighted by atomic mass is 16.1. The second-order valence-corrected chi connectivity index (χ2v) is 5.46. The lowest BCUT2D eigenvalue weighted by Gasteiger charge is -2.23. The molecule has 1 atom stereocenters. The molecule has 18 heavy (non-hydrogen) atoms. The molecule has 0 saturated heterocycles. The fourth-order valence-electron chi connectivity index (χ4n) is 2.00. The van der Waals surface area contributed by atoms with Gasteiger partial charge >= 0.3 is 0 Å². The van der Waals surface area contributed by atoms with E-state index in [0.717, 1.165) is 13.0 Å². The summed E-state index contributed by atoms with van der Waals surface area (Å²) in [7, 11) is 5.84. The van der Waals surface area contributed by atoms with Gasteiger partial charge in [-0.25, -0.2) is 0 Å². The maximum Gasteiger partial charge on any atom is 0.254 e. The zero-order chi connectivity index (χ0) is 13.7. The number of amides is 1. The Bertz CT molecular complexity index is 374. The Morgan fingerprint density at radius 3 is 2.61 bits per heavy atom. The zero-order valence-corrected chi connectivity index (χ0v) is 12.0. The van der Waals surface area contributed by atoms with Gasteiger partial charge in [-0.2, -0.15) is 5.10 Å². The fraction of sp³-hybridized carbons (Fsp3) is 0.692. The predicted octanol–water partition coefficient (Wildman–Crippen LogP) is 1.13. The van der Waals surface area contributed by atoms with Gasteiger partial charge in [0.1, 0.15) is 0 Å². The second kappa shape index (κ2) is 6.54. The van der Waals surface area contributed by atoms with Crippen LogP contribution in [-0.4, -0.2) is 47.3 Å². The molecule has 0 saturated carbocycles. The number of nitrogens with zero attached hydrogens (tertiary/aromatic N) is 3. The lowest BCUT2D eigenvalue weighted by molar-refractivity contribution is 0.0924. The molecule has 102 valence electrons. The quantitative estimate of drug-likeness (QED) is 0.825. The van der Waals surface area contributed by atoms with Crippen LogP contribution in [0.3, 0.4) is 0 Å². The number of rotatable bonds is 6. The van der Waals surface area contributed by atoms with Gasteiger partial charge < -0.3 is 10.2 Å². The van der Waals surface area contributed by atoms with E-state index in [0.29, 0.717) is 11.5 Å². The normalized spacial score (nSPS) is 13.1. The number of carbonyl (C=O) groups excluding carboxylic acids is 1. The fourth-order valence-corrected chi connectivity index (χ4v) is 2.00. The molecule has 0 spiro atoms. The van der Waals surface area contributed by atoms with E-state index in [-0.39, 0.29) is 11.9 Å². The maximum absolute atomic E-state index is 12.0. The molecule has 0 fully saturated rings. The number of hydrogen-bond donors (Lipinski definition) is 1. The first kappa shape index (κ1) is 14.7. The lowest BCUT2D eigenvalue weighted by atomic mass is 10.0. The Balaban J connectivity index is 2.61. The summed E-state index contributed by atoms with van der Waals surface area (Å²) < 4.78 is 1.64. The van der Waals surface area contributed by atoms with Gasteiger partial charge in [-0.1, -0.05) is 13.8 Å². The maximum atomic E-state index is 12.0. The molecule has 1 heterocycles. The van der Waals surface area contributed by atoms with Gasteiger partial charge in [0.15, 0.2) is 0 Å². The average molecular weight is 252 g/mol. The van der Waals surface area contributed by atoms with Crippen LogP contribution in [-0.2, 0) is 7.05 Å². The van der Waals surface area contributed by atoms with Crippen molar-refractivity contribution in [1.82, 2.24) is 20.0 Å². The van der Waals surface area contributed by atoms with Crippen LogP contribution in [0.1, 0.15) is 30.6 Å². The molecule has 1 aromatic rings. The minimum atomic E-state index is -0.0457. The van der Waals surface area contributed by atoms with Crippen molar-refractivity contribution in [2.45, 2.75) is 26.3 Å².